The SMILES string of the molecule is CC(C)(C)c1cc(C(=O)O)cc(C(=O)O)c1.CCc1ncc(C)[nH]1. The first-order chi connectivity index (χ1) is 11.0. The molecule has 6 nitrogen and oxygen atoms in total. The van der Waals surface area contributed by atoms with Crippen LogP contribution in [0.25, 0.3) is 0 Å². The lowest BCUT2D eigenvalue weighted by Gasteiger charge is -2.20. The first-order valence-corrected chi connectivity index (χ1v) is 7.67. The van der Waals surface area contributed by atoms with E-state index in [1.54, 1.807) is 0 Å². The summed E-state index contributed by atoms with van der Waals surface area (Å²) in [6.07, 6.45) is 2.84. The van der Waals surface area contributed by atoms with Gasteiger partial charge in [-0.2, -0.15) is 0 Å². The van der Waals surface area contributed by atoms with Crippen LogP contribution in [0.5, 0.6) is 0 Å². The predicted molar refractivity (Wildman–Crippen MR) is 91.8 cm³/mol. The van der Waals surface area contributed by atoms with Crippen LogP contribution in [0.2, 0.25) is 0 Å². The zero-order chi connectivity index (χ0) is 18.5. The van der Waals surface area contributed by atoms with Gasteiger partial charge >= 0.3 is 11.9 Å². The second kappa shape index (κ2) is 7.77. The minimum absolute atomic E-state index is 0.00447. The number of aryl methyl sites for hydroxylation is 2. The molecule has 0 aliphatic rings. The fourth-order valence-corrected chi connectivity index (χ4v) is 1.95. The van der Waals surface area contributed by atoms with Crippen LogP contribution in [0.4, 0.5) is 0 Å². The minimum atomic E-state index is -1.12. The van der Waals surface area contributed by atoms with Gasteiger partial charge in [-0.1, -0.05) is 27.7 Å². The normalized spacial score (nSPS) is 10.7. The summed E-state index contributed by atoms with van der Waals surface area (Å²) in [5, 5.41) is 17.8. The van der Waals surface area contributed by atoms with Crippen LogP contribution in [0.1, 0.15) is 65.5 Å². The number of aromatic amines is 1. The van der Waals surface area contributed by atoms with E-state index >= 15 is 0 Å². The maximum Gasteiger partial charge on any atom is 0.335 e. The molecule has 0 fully saturated rings. The van der Waals surface area contributed by atoms with Crippen molar-refractivity contribution in [2.45, 2.75) is 46.5 Å². The number of hydrogen-bond donors (Lipinski definition) is 3. The van der Waals surface area contributed by atoms with Gasteiger partial charge in [0.25, 0.3) is 0 Å². The molecule has 0 aliphatic heterocycles. The van der Waals surface area contributed by atoms with Crippen molar-refractivity contribution < 1.29 is 19.8 Å². The molecule has 0 unspecified atom stereocenters. The van der Waals surface area contributed by atoms with Gasteiger partial charge in [0.1, 0.15) is 5.82 Å². The zero-order valence-corrected chi connectivity index (χ0v) is 14.7. The van der Waals surface area contributed by atoms with Crippen LogP contribution in [-0.4, -0.2) is 32.1 Å². The summed E-state index contributed by atoms with van der Waals surface area (Å²) in [6, 6.07) is 4.18. The summed E-state index contributed by atoms with van der Waals surface area (Å²) < 4.78 is 0. The standard InChI is InChI=1S/C12H14O4.C6H10N2/c1-12(2,3)9-5-7(10(13)14)4-8(6-9)11(15)16;1-3-6-7-4-5(2)8-6/h4-6H,1-3H3,(H,13,14)(H,15,16);4H,3H2,1-2H3,(H,7,8). The number of carboxylic acids is 2. The van der Waals surface area contributed by atoms with Crippen molar-refractivity contribution in [1.29, 1.82) is 0 Å². The lowest BCUT2D eigenvalue weighted by molar-refractivity contribution is 0.0696. The number of nitrogens with one attached hydrogen (secondary N) is 1. The molecule has 130 valence electrons. The van der Waals surface area contributed by atoms with Gasteiger partial charge in [-0.05, 0) is 36.1 Å². The first-order valence-electron chi connectivity index (χ1n) is 7.67. The number of hydrogen-bond acceptors (Lipinski definition) is 3. The molecular formula is C18H24N2O4. The monoisotopic (exact) mass is 332 g/mol. The molecule has 6 heteroatoms. The number of benzene rings is 1. The molecule has 0 aliphatic carbocycles. The van der Waals surface area contributed by atoms with E-state index in [9.17, 15) is 9.59 Å². The van der Waals surface area contributed by atoms with Gasteiger partial charge in [0.05, 0.1) is 11.1 Å². The Balaban J connectivity index is 0.000000300. The molecule has 0 saturated heterocycles. The van der Waals surface area contributed by atoms with Gasteiger partial charge < -0.3 is 15.2 Å². The average molecular weight is 332 g/mol. The molecule has 0 saturated carbocycles. The maximum absolute atomic E-state index is 10.9. The fourth-order valence-electron chi connectivity index (χ4n) is 1.95. The van der Waals surface area contributed by atoms with Gasteiger partial charge in [0.15, 0.2) is 0 Å². The van der Waals surface area contributed by atoms with Crippen LogP contribution in [0, 0.1) is 6.92 Å². The van der Waals surface area contributed by atoms with Crippen LogP contribution < -0.4 is 0 Å². The fraction of sp³-hybridized carbons (Fsp3) is 0.389. The van der Waals surface area contributed by atoms with E-state index in [0.29, 0.717) is 5.56 Å². The van der Waals surface area contributed by atoms with Crippen molar-refractivity contribution in [3.63, 3.8) is 0 Å². The van der Waals surface area contributed by atoms with Crippen LogP contribution in [-0.2, 0) is 11.8 Å². The summed E-state index contributed by atoms with van der Waals surface area (Å²) in [5.41, 5.74) is 1.57. The van der Waals surface area contributed by atoms with Crippen molar-refractivity contribution >= 4 is 11.9 Å². The Bertz CT molecular complexity index is 695. The number of aromatic nitrogens is 2. The van der Waals surface area contributed by atoms with E-state index in [0.717, 1.165) is 17.9 Å². The third-order valence-corrected chi connectivity index (χ3v) is 3.38. The molecule has 24 heavy (non-hydrogen) atoms. The highest BCUT2D eigenvalue weighted by Crippen LogP contribution is 2.24. The summed E-state index contributed by atoms with van der Waals surface area (Å²) in [7, 11) is 0. The van der Waals surface area contributed by atoms with E-state index in [1.165, 1.54) is 18.2 Å². The molecule has 0 bridgehead atoms. The molecule has 1 aromatic heterocycles. The molecule has 1 aromatic carbocycles. The number of H-pyrrole nitrogens is 1. The molecule has 3 N–H and O–H groups in total. The van der Waals surface area contributed by atoms with E-state index in [2.05, 4.69) is 16.9 Å². The van der Waals surface area contributed by atoms with Crippen molar-refractivity contribution in [2.24, 2.45) is 0 Å². The molecule has 2 rings (SSSR count). The Morgan fingerprint density at radius 3 is 1.83 bits per heavy atom. The van der Waals surface area contributed by atoms with Crippen LogP contribution in [0.3, 0.4) is 0 Å². The second-order valence-electron chi connectivity index (χ2n) is 6.53. The molecule has 0 atom stereocenters. The van der Waals surface area contributed by atoms with E-state index in [1.807, 2.05) is 33.9 Å². The Hall–Kier alpha value is -2.63. The smallest absolute Gasteiger partial charge is 0.335 e. The Labute approximate surface area is 141 Å². The Morgan fingerprint density at radius 1 is 1.08 bits per heavy atom. The van der Waals surface area contributed by atoms with Crippen molar-refractivity contribution in [1.82, 2.24) is 9.97 Å². The number of nitrogens with zero attached hydrogens (tertiary/aromatic N) is 1. The zero-order valence-electron chi connectivity index (χ0n) is 14.7. The van der Waals surface area contributed by atoms with E-state index < -0.39 is 11.9 Å². The summed E-state index contributed by atoms with van der Waals surface area (Å²) >= 11 is 0. The lowest BCUT2D eigenvalue weighted by Crippen LogP contribution is -2.14. The maximum atomic E-state index is 10.9. The van der Waals surface area contributed by atoms with Crippen LogP contribution >= 0.6 is 0 Å². The predicted octanol–water partition coefficient (Wildman–Crippen LogP) is 3.66. The van der Waals surface area contributed by atoms with Gasteiger partial charge in [-0.3, -0.25) is 0 Å². The lowest BCUT2D eigenvalue weighted by atomic mass is 9.85. The summed E-state index contributed by atoms with van der Waals surface area (Å²) in [4.78, 5) is 28.9. The highest BCUT2D eigenvalue weighted by atomic mass is 16.4. The number of aromatic carboxylic acids is 2. The van der Waals surface area contributed by atoms with Crippen LogP contribution in [0.15, 0.2) is 24.4 Å². The molecular weight excluding hydrogens is 308 g/mol. The van der Waals surface area contributed by atoms with E-state index in [-0.39, 0.29) is 16.5 Å². The van der Waals surface area contributed by atoms with Crippen molar-refractivity contribution in [3.05, 3.63) is 52.6 Å². The molecule has 1 heterocycles. The van der Waals surface area contributed by atoms with Gasteiger partial charge in [0, 0.05) is 18.3 Å². The Morgan fingerprint density at radius 2 is 1.58 bits per heavy atom. The number of carbonyl (C=O) groups is 2. The molecule has 0 amide bonds. The third kappa shape index (κ3) is 5.53. The molecule has 0 radical (unpaired) electrons. The topological polar surface area (TPSA) is 103 Å². The number of rotatable bonds is 3. The van der Waals surface area contributed by atoms with E-state index in [4.69, 9.17) is 10.2 Å². The average Bonchev–Trinajstić information content (AvgIpc) is 2.92. The van der Waals surface area contributed by atoms with Gasteiger partial charge in [-0.15, -0.1) is 0 Å². The number of carboxylic acid groups (broad SMARTS) is 2. The summed E-state index contributed by atoms with van der Waals surface area (Å²) in [5.74, 6) is -1.16. The first kappa shape index (κ1) is 19.4. The Kier molecular flexibility index (Phi) is 6.28. The largest absolute Gasteiger partial charge is 0.478 e. The van der Waals surface area contributed by atoms with Crippen molar-refractivity contribution in [2.75, 3.05) is 0 Å². The quantitative estimate of drug-likeness (QED) is 0.796. The molecule has 0 spiro atoms. The highest BCUT2D eigenvalue weighted by Gasteiger charge is 2.19. The number of imidazole rings is 1. The second-order valence-corrected chi connectivity index (χ2v) is 6.53. The van der Waals surface area contributed by atoms with Gasteiger partial charge in [0.2, 0.25) is 0 Å². The highest BCUT2D eigenvalue weighted by molar-refractivity contribution is 5.94. The minimum Gasteiger partial charge on any atom is -0.478 e. The molecule has 2 aromatic rings. The summed E-state index contributed by atoms with van der Waals surface area (Å²) in [6.45, 7) is 9.79. The van der Waals surface area contributed by atoms with Crippen molar-refractivity contribution in [3.8, 4) is 0 Å². The van der Waals surface area contributed by atoms with Gasteiger partial charge in [-0.25, -0.2) is 14.6 Å². The third-order valence-electron chi connectivity index (χ3n) is 3.38.